The predicted molar refractivity (Wildman–Crippen MR) is 150 cm³/mol. The van der Waals surface area contributed by atoms with Gasteiger partial charge in [0, 0.05) is 17.8 Å². The first-order valence-corrected chi connectivity index (χ1v) is 12.9. The van der Waals surface area contributed by atoms with Crippen molar-refractivity contribution in [3.05, 3.63) is 79.1 Å². The van der Waals surface area contributed by atoms with E-state index in [0.29, 0.717) is 18.8 Å². The van der Waals surface area contributed by atoms with Crippen LogP contribution in [0.15, 0.2) is 73.6 Å². The second-order valence-electron chi connectivity index (χ2n) is 8.96. The van der Waals surface area contributed by atoms with Crippen molar-refractivity contribution in [2.24, 2.45) is 0 Å². The Morgan fingerprint density at radius 2 is 1.76 bits per heavy atom. The third-order valence-electron chi connectivity index (χ3n) is 6.13. The maximum Gasteiger partial charge on any atom is 0.243 e. The highest BCUT2D eigenvalue weighted by Crippen LogP contribution is 2.29. The molecule has 0 aliphatic heterocycles. The molecule has 0 unspecified atom stereocenters. The maximum atomic E-state index is 10.9. The van der Waals surface area contributed by atoms with Crippen LogP contribution in [0.3, 0.4) is 0 Å². The van der Waals surface area contributed by atoms with Crippen molar-refractivity contribution in [2.75, 3.05) is 25.0 Å². The van der Waals surface area contributed by atoms with Crippen molar-refractivity contribution in [1.29, 1.82) is 0 Å². The third kappa shape index (κ3) is 7.64. The topological polar surface area (TPSA) is 124 Å². The molecule has 38 heavy (non-hydrogen) atoms. The minimum absolute atomic E-state index is 0.327. The lowest BCUT2D eigenvalue weighted by Crippen LogP contribution is -2.19. The lowest BCUT2D eigenvalue weighted by Gasteiger charge is -2.09. The number of nitrogens with one attached hydrogen (secondary N) is 4. The first-order chi connectivity index (χ1) is 18.6. The van der Waals surface area contributed by atoms with Gasteiger partial charge in [-0.3, -0.25) is 10.0 Å². The molecule has 0 aliphatic carbocycles. The molecular formula is C29H34N6O3. The number of aromatic nitrogens is 3. The van der Waals surface area contributed by atoms with Crippen LogP contribution in [-0.2, 0) is 4.79 Å². The van der Waals surface area contributed by atoms with E-state index in [2.05, 4.69) is 32.2 Å². The molecule has 4 aromatic rings. The van der Waals surface area contributed by atoms with Gasteiger partial charge in [0.15, 0.2) is 0 Å². The van der Waals surface area contributed by atoms with Crippen molar-refractivity contribution in [1.82, 2.24) is 25.7 Å². The molecule has 9 heteroatoms. The number of carbonyl (C=O) groups is 1. The van der Waals surface area contributed by atoms with E-state index in [0.717, 1.165) is 78.1 Å². The van der Waals surface area contributed by atoms with Crippen molar-refractivity contribution >= 4 is 28.5 Å². The maximum absolute atomic E-state index is 10.9. The number of hydroxylamine groups is 1. The molecule has 198 valence electrons. The van der Waals surface area contributed by atoms with E-state index in [1.54, 1.807) is 5.48 Å². The van der Waals surface area contributed by atoms with Crippen LogP contribution in [0.25, 0.3) is 28.0 Å². The summed E-state index contributed by atoms with van der Waals surface area (Å²) in [7, 11) is 0. The van der Waals surface area contributed by atoms with Gasteiger partial charge >= 0.3 is 0 Å². The van der Waals surface area contributed by atoms with Gasteiger partial charge in [0.1, 0.15) is 23.5 Å². The summed E-state index contributed by atoms with van der Waals surface area (Å²) in [6.45, 7) is 6.56. The Morgan fingerprint density at radius 1 is 0.974 bits per heavy atom. The highest BCUT2D eigenvalue weighted by molar-refractivity contribution is 5.94. The van der Waals surface area contributed by atoms with Gasteiger partial charge < -0.3 is 20.4 Å². The summed E-state index contributed by atoms with van der Waals surface area (Å²) in [5.41, 5.74) is 6.16. The Kier molecular flexibility index (Phi) is 9.83. The monoisotopic (exact) mass is 514 g/mol. The molecule has 1 amide bonds. The normalized spacial score (nSPS) is 10.9. The molecule has 0 saturated heterocycles. The summed E-state index contributed by atoms with van der Waals surface area (Å²) < 4.78 is 5.88. The van der Waals surface area contributed by atoms with Gasteiger partial charge in [0.05, 0.1) is 12.0 Å². The number of ether oxygens (including phenoxy) is 1. The van der Waals surface area contributed by atoms with Gasteiger partial charge in [-0.15, -0.1) is 0 Å². The second-order valence-corrected chi connectivity index (χ2v) is 8.96. The zero-order chi connectivity index (χ0) is 26.6. The van der Waals surface area contributed by atoms with E-state index < -0.39 is 0 Å². The molecule has 0 spiro atoms. The molecule has 9 nitrogen and oxygen atoms in total. The number of fused-ring (bicyclic) bond motifs is 1. The Bertz CT molecular complexity index is 1320. The highest BCUT2D eigenvalue weighted by atomic mass is 16.5. The predicted octanol–water partition coefficient (Wildman–Crippen LogP) is 5.13. The summed E-state index contributed by atoms with van der Waals surface area (Å²) in [5.74, 6) is 1.20. The van der Waals surface area contributed by atoms with Crippen LogP contribution in [0.2, 0.25) is 0 Å². The molecule has 5 N–H and O–H groups in total. The first-order valence-electron chi connectivity index (χ1n) is 12.9. The second kappa shape index (κ2) is 13.9. The van der Waals surface area contributed by atoms with Crippen LogP contribution >= 0.6 is 0 Å². The molecule has 4 rings (SSSR count). The number of nitrogens with zero attached hydrogens (tertiary/aromatic N) is 2. The number of amides is 1. The van der Waals surface area contributed by atoms with Crippen LogP contribution in [0.5, 0.6) is 5.75 Å². The molecule has 0 saturated carbocycles. The van der Waals surface area contributed by atoms with Gasteiger partial charge in [-0.2, -0.15) is 0 Å². The van der Waals surface area contributed by atoms with E-state index in [1.165, 1.54) is 6.33 Å². The van der Waals surface area contributed by atoms with Gasteiger partial charge in [0.2, 0.25) is 5.91 Å². The standard InChI is InChI=1S/C29H34N6O3/c1-21(22-9-4-2-5-10-22)33-28-25-19-26(34-29(25)32-20-31-28)23-12-14-24(15-13-23)38-18-8-17-30-16-7-3-6-11-27(36)35-37/h2,4-5,9-10,12-15,19-20,30,37H,1,3,6-8,11,16-18H2,(H,35,36)(H2,31,32,33,34). The number of hydrogen-bond donors (Lipinski definition) is 5. The molecule has 2 aromatic carbocycles. The van der Waals surface area contributed by atoms with Crippen molar-refractivity contribution in [2.45, 2.75) is 32.1 Å². The minimum atomic E-state index is -0.327. The SMILES string of the molecule is C=C(Nc1ncnc2[nH]c(-c3ccc(OCCCNCCCCCC(=O)NO)cc3)cc12)c1ccccc1. The summed E-state index contributed by atoms with van der Waals surface area (Å²) >= 11 is 0. The summed E-state index contributed by atoms with van der Waals surface area (Å²) in [6, 6.07) is 20.0. The van der Waals surface area contributed by atoms with Crippen LogP contribution in [0, 0.1) is 0 Å². The number of unbranched alkanes of at least 4 members (excludes halogenated alkanes) is 2. The van der Waals surface area contributed by atoms with Gasteiger partial charge in [-0.05, 0) is 73.8 Å². The van der Waals surface area contributed by atoms with Gasteiger partial charge in [0.25, 0.3) is 0 Å². The average molecular weight is 515 g/mol. The van der Waals surface area contributed by atoms with E-state index in [4.69, 9.17) is 9.94 Å². The van der Waals surface area contributed by atoms with Crippen LogP contribution in [0.4, 0.5) is 5.82 Å². The number of hydrogen-bond acceptors (Lipinski definition) is 7. The Balaban J connectivity index is 1.23. The van der Waals surface area contributed by atoms with E-state index in [1.807, 2.05) is 60.7 Å². The lowest BCUT2D eigenvalue weighted by atomic mass is 10.1. The molecule has 2 heterocycles. The fourth-order valence-corrected chi connectivity index (χ4v) is 4.06. The molecule has 0 fully saturated rings. The van der Waals surface area contributed by atoms with E-state index in [9.17, 15) is 4.79 Å². The molecule has 0 atom stereocenters. The molecule has 2 aromatic heterocycles. The number of benzene rings is 2. The molecule has 0 aliphatic rings. The largest absolute Gasteiger partial charge is 0.494 e. The summed E-state index contributed by atoms with van der Waals surface area (Å²) in [6.07, 6.45) is 5.53. The lowest BCUT2D eigenvalue weighted by molar-refractivity contribution is -0.129. The van der Waals surface area contributed by atoms with Crippen molar-refractivity contribution in [3.63, 3.8) is 0 Å². The average Bonchev–Trinajstić information content (AvgIpc) is 3.40. The van der Waals surface area contributed by atoms with Crippen molar-refractivity contribution in [3.8, 4) is 17.0 Å². The van der Waals surface area contributed by atoms with Gasteiger partial charge in [-0.1, -0.05) is 43.3 Å². The Hall–Kier alpha value is -4.21. The number of H-pyrrole nitrogens is 1. The van der Waals surface area contributed by atoms with Crippen LogP contribution < -0.4 is 20.9 Å². The first kappa shape index (κ1) is 26.8. The summed E-state index contributed by atoms with van der Waals surface area (Å²) in [4.78, 5) is 23.1. The van der Waals surface area contributed by atoms with Crippen LogP contribution in [0.1, 0.15) is 37.7 Å². The number of rotatable bonds is 15. The summed E-state index contributed by atoms with van der Waals surface area (Å²) in [5, 5.41) is 16.1. The number of carbonyl (C=O) groups excluding carboxylic acids is 1. The van der Waals surface area contributed by atoms with Crippen LogP contribution in [-0.4, -0.2) is 45.8 Å². The Morgan fingerprint density at radius 3 is 2.55 bits per heavy atom. The zero-order valence-corrected chi connectivity index (χ0v) is 21.4. The third-order valence-corrected chi connectivity index (χ3v) is 6.13. The highest BCUT2D eigenvalue weighted by Gasteiger charge is 2.11. The van der Waals surface area contributed by atoms with Gasteiger partial charge in [-0.25, -0.2) is 15.4 Å². The quantitative estimate of drug-likeness (QED) is 0.0846. The minimum Gasteiger partial charge on any atom is -0.494 e. The zero-order valence-electron chi connectivity index (χ0n) is 21.4. The fourth-order valence-electron chi connectivity index (χ4n) is 4.06. The number of aromatic amines is 1. The molecule has 0 radical (unpaired) electrons. The van der Waals surface area contributed by atoms with Crippen molar-refractivity contribution < 1.29 is 14.7 Å². The fraction of sp³-hybridized carbons (Fsp3) is 0.276. The smallest absolute Gasteiger partial charge is 0.243 e. The Labute approximate surface area is 222 Å². The molecular weight excluding hydrogens is 480 g/mol. The van der Waals surface area contributed by atoms with E-state index >= 15 is 0 Å². The van der Waals surface area contributed by atoms with E-state index in [-0.39, 0.29) is 5.91 Å². The molecule has 0 bridgehead atoms. The number of anilines is 1.